The highest BCUT2D eigenvalue weighted by Gasteiger charge is 2.23. The number of hydrogen-bond acceptors (Lipinski definition) is 5. The average molecular weight is 392 g/mol. The summed E-state index contributed by atoms with van der Waals surface area (Å²) in [4.78, 5) is 10.1. The van der Waals surface area contributed by atoms with Crippen LogP contribution < -0.4 is 9.46 Å². The van der Waals surface area contributed by atoms with E-state index in [1.165, 1.54) is 18.2 Å². The van der Waals surface area contributed by atoms with Crippen LogP contribution in [0.4, 0.5) is 5.69 Å². The van der Waals surface area contributed by atoms with Crippen molar-refractivity contribution in [3.63, 3.8) is 0 Å². The summed E-state index contributed by atoms with van der Waals surface area (Å²) in [6.45, 7) is 7.71. The lowest BCUT2D eigenvalue weighted by molar-refractivity contribution is -0.385. The molecular formula is C19H24N2O5S. The zero-order valence-electron chi connectivity index (χ0n) is 16.0. The molecule has 2 aromatic rings. The molecule has 0 unspecified atom stereocenters. The first-order chi connectivity index (χ1) is 12.6. The maximum atomic E-state index is 12.7. The van der Waals surface area contributed by atoms with Crippen molar-refractivity contribution in [2.45, 2.75) is 44.6 Å². The van der Waals surface area contributed by atoms with E-state index in [0.29, 0.717) is 0 Å². The van der Waals surface area contributed by atoms with Crippen LogP contribution in [0.3, 0.4) is 0 Å². The SMILES string of the molecule is COc1cc(C)c([C@@H](C)NS(=O)(=O)c2cccc([N+](=O)[O-])c2)cc1C(C)C. The van der Waals surface area contributed by atoms with Gasteiger partial charge in [-0.15, -0.1) is 0 Å². The number of nitro benzene ring substituents is 1. The van der Waals surface area contributed by atoms with Gasteiger partial charge in [-0.1, -0.05) is 19.9 Å². The summed E-state index contributed by atoms with van der Waals surface area (Å²) < 4.78 is 33.4. The third-order valence-corrected chi connectivity index (χ3v) is 5.92. The Hall–Kier alpha value is -2.45. The third kappa shape index (κ3) is 4.64. The molecule has 0 amide bonds. The van der Waals surface area contributed by atoms with Gasteiger partial charge in [0.1, 0.15) is 5.75 Å². The number of aryl methyl sites for hydroxylation is 1. The Labute approximate surface area is 159 Å². The van der Waals surface area contributed by atoms with Crippen LogP contribution in [0.2, 0.25) is 0 Å². The molecule has 1 N–H and O–H groups in total. The maximum absolute atomic E-state index is 12.7. The van der Waals surface area contributed by atoms with Gasteiger partial charge >= 0.3 is 0 Å². The Morgan fingerprint density at radius 1 is 1.11 bits per heavy atom. The number of benzene rings is 2. The number of nitrogens with one attached hydrogen (secondary N) is 1. The molecule has 0 aliphatic heterocycles. The fraction of sp³-hybridized carbons (Fsp3) is 0.368. The fourth-order valence-electron chi connectivity index (χ4n) is 2.94. The van der Waals surface area contributed by atoms with Crippen LogP contribution in [0.25, 0.3) is 0 Å². The lowest BCUT2D eigenvalue weighted by Crippen LogP contribution is -2.27. The van der Waals surface area contributed by atoms with Gasteiger partial charge in [0.2, 0.25) is 10.0 Å². The monoisotopic (exact) mass is 392 g/mol. The van der Waals surface area contributed by atoms with Gasteiger partial charge in [0.05, 0.1) is 16.9 Å². The molecule has 0 bridgehead atoms. The van der Waals surface area contributed by atoms with E-state index >= 15 is 0 Å². The van der Waals surface area contributed by atoms with E-state index < -0.39 is 21.0 Å². The molecule has 0 saturated heterocycles. The van der Waals surface area contributed by atoms with Gasteiger partial charge in [-0.3, -0.25) is 10.1 Å². The van der Waals surface area contributed by atoms with Crippen molar-refractivity contribution in [2.24, 2.45) is 0 Å². The van der Waals surface area contributed by atoms with E-state index in [2.05, 4.69) is 4.72 Å². The maximum Gasteiger partial charge on any atom is 0.270 e. The van der Waals surface area contributed by atoms with E-state index in [9.17, 15) is 18.5 Å². The molecule has 27 heavy (non-hydrogen) atoms. The molecule has 2 aromatic carbocycles. The van der Waals surface area contributed by atoms with E-state index in [-0.39, 0.29) is 16.5 Å². The topological polar surface area (TPSA) is 98.5 Å². The second-order valence-corrected chi connectivity index (χ2v) is 8.42. The Balaban J connectivity index is 2.39. The van der Waals surface area contributed by atoms with Crippen LogP contribution in [0.5, 0.6) is 5.75 Å². The second kappa shape index (κ2) is 8.06. The summed E-state index contributed by atoms with van der Waals surface area (Å²) in [5.41, 5.74) is 2.44. The molecule has 1 atom stereocenters. The molecule has 0 aliphatic rings. The minimum Gasteiger partial charge on any atom is -0.496 e. The number of nitro groups is 1. The lowest BCUT2D eigenvalue weighted by atomic mass is 9.94. The van der Waals surface area contributed by atoms with Crippen molar-refractivity contribution in [3.8, 4) is 5.75 Å². The van der Waals surface area contributed by atoms with E-state index in [1.54, 1.807) is 14.0 Å². The van der Waals surface area contributed by atoms with E-state index in [4.69, 9.17) is 4.74 Å². The van der Waals surface area contributed by atoms with Gasteiger partial charge in [0.15, 0.2) is 0 Å². The molecular weight excluding hydrogens is 368 g/mol. The highest BCUT2D eigenvalue weighted by atomic mass is 32.2. The standard InChI is InChI=1S/C19H24N2O5S/c1-12(2)17-11-18(13(3)9-19(17)26-5)14(4)20-27(24,25)16-8-6-7-15(10-16)21(22)23/h6-12,14,20H,1-5H3/t14-/m1/s1. The van der Waals surface area contributed by atoms with Crippen LogP contribution in [0, 0.1) is 17.0 Å². The largest absolute Gasteiger partial charge is 0.496 e. The molecule has 0 spiro atoms. The zero-order valence-corrected chi connectivity index (χ0v) is 16.8. The zero-order chi connectivity index (χ0) is 20.4. The number of methoxy groups -OCH3 is 1. The van der Waals surface area contributed by atoms with Crippen molar-refractivity contribution in [1.29, 1.82) is 0 Å². The van der Waals surface area contributed by atoms with Crippen molar-refractivity contribution in [3.05, 3.63) is 63.2 Å². The first-order valence-electron chi connectivity index (χ1n) is 8.52. The van der Waals surface area contributed by atoms with E-state index in [0.717, 1.165) is 28.5 Å². The lowest BCUT2D eigenvalue weighted by Gasteiger charge is -2.21. The Morgan fingerprint density at radius 3 is 2.33 bits per heavy atom. The minimum atomic E-state index is -3.91. The van der Waals surface area contributed by atoms with Crippen molar-refractivity contribution >= 4 is 15.7 Å². The van der Waals surface area contributed by atoms with Gasteiger partial charge in [-0.25, -0.2) is 13.1 Å². The second-order valence-electron chi connectivity index (χ2n) is 6.70. The van der Waals surface area contributed by atoms with Crippen molar-refractivity contribution in [1.82, 2.24) is 4.72 Å². The smallest absolute Gasteiger partial charge is 0.270 e. The van der Waals surface area contributed by atoms with Crippen LogP contribution in [0.1, 0.15) is 49.4 Å². The number of nitrogens with zero attached hydrogens (tertiary/aromatic N) is 1. The van der Waals surface area contributed by atoms with Crippen molar-refractivity contribution in [2.75, 3.05) is 7.11 Å². The average Bonchev–Trinajstić information content (AvgIpc) is 2.60. The first-order valence-corrected chi connectivity index (χ1v) is 10.0. The van der Waals surface area contributed by atoms with Gasteiger partial charge in [0, 0.05) is 18.2 Å². The fourth-order valence-corrected chi connectivity index (χ4v) is 4.20. The van der Waals surface area contributed by atoms with Gasteiger partial charge in [-0.2, -0.15) is 0 Å². The normalized spacial score (nSPS) is 12.8. The number of rotatable bonds is 7. The molecule has 8 heteroatoms. The predicted molar refractivity (Wildman–Crippen MR) is 104 cm³/mol. The molecule has 0 saturated carbocycles. The summed E-state index contributed by atoms with van der Waals surface area (Å²) in [6.07, 6.45) is 0. The molecule has 2 rings (SSSR count). The van der Waals surface area contributed by atoms with Crippen LogP contribution in [-0.2, 0) is 10.0 Å². The van der Waals surface area contributed by atoms with Gasteiger partial charge < -0.3 is 4.74 Å². The summed E-state index contributed by atoms with van der Waals surface area (Å²) in [7, 11) is -2.31. The highest BCUT2D eigenvalue weighted by Crippen LogP contribution is 2.32. The van der Waals surface area contributed by atoms with Crippen molar-refractivity contribution < 1.29 is 18.1 Å². The van der Waals surface area contributed by atoms with Gasteiger partial charge in [0.25, 0.3) is 5.69 Å². The quantitative estimate of drug-likeness (QED) is 0.565. The summed E-state index contributed by atoms with van der Waals surface area (Å²) in [6, 6.07) is 8.32. The van der Waals surface area contributed by atoms with Crippen LogP contribution in [-0.4, -0.2) is 20.5 Å². The highest BCUT2D eigenvalue weighted by molar-refractivity contribution is 7.89. The third-order valence-electron chi connectivity index (χ3n) is 4.38. The molecule has 0 fully saturated rings. The Morgan fingerprint density at radius 2 is 1.78 bits per heavy atom. The number of hydrogen-bond donors (Lipinski definition) is 1. The number of non-ortho nitro benzene ring substituents is 1. The molecule has 0 heterocycles. The van der Waals surface area contributed by atoms with Crippen LogP contribution in [0.15, 0.2) is 41.3 Å². The van der Waals surface area contributed by atoms with Crippen LogP contribution >= 0.6 is 0 Å². The number of ether oxygens (including phenoxy) is 1. The summed E-state index contributed by atoms with van der Waals surface area (Å²) in [5.74, 6) is 0.972. The Bertz CT molecular complexity index is 955. The molecule has 7 nitrogen and oxygen atoms in total. The van der Waals surface area contributed by atoms with Gasteiger partial charge in [-0.05, 0) is 54.7 Å². The Kier molecular flexibility index (Phi) is 6.22. The summed E-state index contributed by atoms with van der Waals surface area (Å²) >= 11 is 0. The predicted octanol–water partition coefficient (Wildman–Crippen LogP) is 4.07. The molecule has 0 aliphatic carbocycles. The minimum absolute atomic E-state index is 0.140. The molecule has 0 radical (unpaired) electrons. The number of sulfonamides is 1. The van der Waals surface area contributed by atoms with E-state index in [1.807, 2.05) is 32.9 Å². The molecule has 0 aromatic heterocycles. The first kappa shape index (κ1) is 20.9. The molecule has 146 valence electrons. The summed E-state index contributed by atoms with van der Waals surface area (Å²) in [5, 5.41) is 10.9.